The van der Waals surface area contributed by atoms with E-state index in [-0.39, 0.29) is 0 Å². The number of aryl methyl sites for hydroxylation is 3. The quantitative estimate of drug-likeness (QED) is 0.818. The predicted molar refractivity (Wildman–Crippen MR) is 81.2 cm³/mol. The van der Waals surface area contributed by atoms with Crippen LogP contribution in [0.4, 0.5) is 0 Å². The molecule has 3 heteroatoms. The molecule has 0 unspecified atom stereocenters. The number of hydrogen-bond donors (Lipinski definition) is 0. The SMILES string of the molecule is Cc1ccc(COc2c(C)cc(C#N)cc2C)c(Cl)c1. The fourth-order valence-corrected chi connectivity index (χ4v) is 2.45. The minimum Gasteiger partial charge on any atom is -0.488 e. The van der Waals surface area contributed by atoms with Crippen molar-refractivity contribution in [3.63, 3.8) is 0 Å². The minimum atomic E-state index is 0.423. The zero-order valence-corrected chi connectivity index (χ0v) is 12.6. The molecule has 0 fully saturated rings. The van der Waals surface area contributed by atoms with Crippen molar-refractivity contribution < 1.29 is 4.74 Å². The zero-order chi connectivity index (χ0) is 14.7. The molecular formula is C17H16ClNO. The van der Waals surface area contributed by atoms with Gasteiger partial charge in [0.2, 0.25) is 0 Å². The van der Waals surface area contributed by atoms with Crippen LogP contribution >= 0.6 is 11.6 Å². The summed E-state index contributed by atoms with van der Waals surface area (Å²) in [5.41, 5.74) is 4.67. The second kappa shape index (κ2) is 5.98. The molecular weight excluding hydrogens is 270 g/mol. The number of nitriles is 1. The van der Waals surface area contributed by atoms with E-state index in [4.69, 9.17) is 21.6 Å². The lowest BCUT2D eigenvalue weighted by Crippen LogP contribution is -2.00. The van der Waals surface area contributed by atoms with Gasteiger partial charge in [0, 0.05) is 10.6 Å². The summed E-state index contributed by atoms with van der Waals surface area (Å²) < 4.78 is 5.88. The van der Waals surface area contributed by atoms with Crippen LogP contribution < -0.4 is 4.74 Å². The number of benzene rings is 2. The van der Waals surface area contributed by atoms with Crippen LogP contribution in [-0.2, 0) is 6.61 Å². The maximum atomic E-state index is 8.94. The zero-order valence-electron chi connectivity index (χ0n) is 11.8. The summed E-state index contributed by atoms with van der Waals surface area (Å²) in [5.74, 6) is 0.820. The smallest absolute Gasteiger partial charge is 0.125 e. The molecule has 20 heavy (non-hydrogen) atoms. The predicted octanol–water partition coefficient (Wildman–Crippen LogP) is 4.72. The lowest BCUT2D eigenvalue weighted by molar-refractivity contribution is 0.302. The monoisotopic (exact) mass is 285 g/mol. The van der Waals surface area contributed by atoms with Gasteiger partial charge in [0.05, 0.1) is 11.6 Å². The van der Waals surface area contributed by atoms with Gasteiger partial charge in [-0.3, -0.25) is 0 Å². The van der Waals surface area contributed by atoms with Crippen LogP contribution in [0.15, 0.2) is 30.3 Å². The molecule has 0 heterocycles. The molecule has 0 aliphatic heterocycles. The molecule has 0 atom stereocenters. The Kier molecular flexibility index (Phi) is 4.32. The summed E-state index contributed by atoms with van der Waals surface area (Å²) in [7, 11) is 0. The third kappa shape index (κ3) is 3.12. The Hall–Kier alpha value is -1.98. The van der Waals surface area contributed by atoms with Crippen LogP contribution in [0, 0.1) is 32.1 Å². The molecule has 0 aliphatic rings. The Morgan fingerprint density at radius 3 is 2.30 bits per heavy atom. The van der Waals surface area contributed by atoms with E-state index in [1.165, 1.54) is 0 Å². The van der Waals surface area contributed by atoms with Crippen molar-refractivity contribution in [3.05, 3.63) is 63.2 Å². The summed E-state index contributed by atoms with van der Waals surface area (Å²) >= 11 is 6.20. The average Bonchev–Trinajstić information content (AvgIpc) is 2.39. The largest absolute Gasteiger partial charge is 0.488 e. The summed E-state index contributed by atoms with van der Waals surface area (Å²) in [5, 5.41) is 9.66. The number of rotatable bonds is 3. The molecule has 2 aromatic rings. The molecule has 0 amide bonds. The van der Waals surface area contributed by atoms with Gasteiger partial charge in [-0.05, 0) is 55.7 Å². The Bertz CT molecular complexity index is 663. The van der Waals surface area contributed by atoms with Crippen LogP contribution in [0.1, 0.15) is 27.8 Å². The highest BCUT2D eigenvalue weighted by atomic mass is 35.5. The van der Waals surface area contributed by atoms with E-state index in [1.807, 2.05) is 51.1 Å². The molecule has 0 aliphatic carbocycles. The lowest BCUT2D eigenvalue weighted by atomic mass is 10.1. The number of hydrogen-bond acceptors (Lipinski definition) is 2. The number of nitrogens with zero attached hydrogens (tertiary/aromatic N) is 1. The maximum Gasteiger partial charge on any atom is 0.125 e. The lowest BCUT2D eigenvalue weighted by Gasteiger charge is -2.13. The van der Waals surface area contributed by atoms with Crippen LogP contribution in [0.5, 0.6) is 5.75 Å². The van der Waals surface area contributed by atoms with Gasteiger partial charge in [-0.25, -0.2) is 0 Å². The standard InChI is InChI=1S/C17H16ClNO/c1-11-4-5-15(16(18)6-11)10-20-17-12(2)7-14(9-19)8-13(17)3/h4-8H,10H2,1-3H3. The Morgan fingerprint density at radius 2 is 1.75 bits per heavy atom. The molecule has 0 N–H and O–H groups in total. The first-order chi connectivity index (χ1) is 9.51. The van der Waals surface area contributed by atoms with Crippen molar-refractivity contribution in [1.29, 1.82) is 5.26 Å². The van der Waals surface area contributed by atoms with E-state index in [0.29, 0.717) is 17.2 Å². The number of halogens is 1. The summed E-state index contributed by atoms with van der Waals surface area (Å²) in [6.45, 7) is 6.32. The molecule has 0 spiro atoms. The first kappa shape index (κ1) is 14.4. The van der Waals surface area contributed by atoms with E-state index in [1.54, 1.807) is 0 Å². The normalized spacial score (nSPS) is 10.2. The van der Waals surface area contributed by atoms with E-state index in [0.717, 1.165) is 28.0 Å². The van der Waals surface area contributed by atoms with Crippen LogP contribution in [-0.4, -0.2) is 0 Å². The Labute approximate surface area is 124 Å². The Morgan fingerprint density at radius 1 is 1.10 bits per heavy atom. The highest BCUT2D eigenvalue weighted by Gasteiger charge is 2.08. The van der Waals surface area contributed by atoms with Gasteiger partial charge in [-0.15, -0.1) is 0 Å². The van der Waals surface area contributed by atoms with Gasteiger partial charge in [-0.1, -0.05) is 23.7 Å². The van der Waals surface area contributed by atoms with E-state index in [2.05, 4.69) is 6.07 Å². The molecule has 0 saturated heterocycles. The van der Waals surface area contributed by atoms with Crippen LogP contribution in [0.3, 0.4) is 0 Å². The molecule has 2 nitrogen and oxygen atoms in total. The first-order valence-electron chi connectivity index (χ1n) is 6.40. The van der Waals surface area contributed by atoms with Crippen molar-refractivity contribution >= 4 is 11.6 Å². The van der Waals surface area contributed by atoms with Gasteiger partial charge in [0.1, 0.15) is 12.4 Å². The van der Waals surface area contributed by atoms with Crippen molar-refractivity contribution in [2.45, 2.75) is 27.4 Å². The van der Waals surface area contributed by atoms with Gasteiger partial charge < -0.3 is 4.74 Å². The van der Waals surface area contributed by atoms with Gasteiger partial charge in [0.15, 0.2) is 0 Å². The van der Waals surface area contributed by atoms with Crippen LogP contribution in [0.2, 0.25) is 5.02 Å². The highest BCUT2D eigenvalue weighted by Crippen LogP contribution is 2.27. The second-order valence-electron chi connectivity index (χ2n) is 4.93. The molecule has 0 bridgehead atoms. The second-order valence-corrected chi connectivity index (χ2v) is 5.34. The molecule has 102 valence electrons. The number of ether oxygens (including phenoxy) is 1. The minimum absolute atomic E-state index is 0.423. The van der Waals surface area contributed by atoms with Crippen molar-refractivity contribution in [3.8, 4) is 11.8 Å². The molecule has 2 aromatic carbocycles. The fourth-order valence-electron chi connectivity index (χ4n) is 2.16. The Balaban J connectivity index is 2.21. The molecule has 2 rings (SSSR count). The van der Waals surface area contributed by atoms with Crippen molar-refractivity contribution in [1.82, 2.24) is 0 Å². The van der Waals surface area contributed by atoms with E-state index < -0.39 is 0 Å². The van der Waals surface area contributed by atoms with Gasteiger partial charge in [-0.2, -0.15) is 5.26 Å². The summed E-state index contributed by atoms with van der Waals surface area (Å²) in [4.78, 5) is 0. The third-order valence-corrected chi connectivity index (χ3v) is 3.52. The average molecular weight is 286 g/mol. The van der Waals surface area contributed by atoms with E-state index >= 15 is 0 Å². The summed E-state index contributed by atoms with van der Waals surface area (Å²) in [6, 6.07) is 11.7. The van der Waals surface area contributed by atoms with Crippen molar-refractivity contribution in [2.24, 2.45) is 0 Å². The van der Waals surface area contributed by atoms with Gasteiger partial charge in [0.25, 0.3) is 0 Å². The first-order valence-corrected chi connectivity index (χ1v) is 6.78. The fraction of sp³-hybridized carbons (Fsp3) is 0.235. The van der Waals surface area contributed by atoms with Crippen molar-refractivity contribution in [2.75, 3.05) is 0 Å². The maximum absolute atomic E-state index is 8.94. The third-order valence-electron chi connectivity index (χ3n) is 3.17. The molecule has 0 saturated carbocycles. The van der Waals surface area contributed by atoms with Gasteiger partial charge >= 0.3 is 0 Å². The van der Waals surface area contributed by atoms with Crippen LogP contribution in [0.25, 0.3) is 0 Å². The summed E-state index contributed by atoms with van der Waals surface area (Å²) in [6.07, 6.45) is 0. The molecule has 0 radical (unpaired) electrons. The molecule has 0 aromatic heterocycles. The topological polar surface area (TPSA) is 33.0 Å². The van der Waals surface area contributed by atoms with E-state index in [9.17, 15) is 0 Å². The highest BCUT2D eigenvalue weighted by molar-refractivity contribution is 6.31.